The van der Waals surface area contributed by atoms with E-state index in [-0.39, 0.29) is 0 Å². The van der Waals surface area contributed by atoms with Gasteiger partial charge in [0.1, 0.15) is 5.75 Å². The normalized spacial score (nSPS) is 11.5. The topological polar surface area (TPSA) is 41.8 Å². The Balaban J connectivity index is 1.85. The highest BCUT2D eigenvalue weighted by atomic mass is 79.9. The Kier molecular flexibility index (Phi) is 6.73. The monoisotopic (exact) mass is 392 g/mol. The molecule has 0 bridgehead atoms. The van der Waals surface area contributed by atoms with Crippen molar-refractivity contribution in [3.05, 3.63) is 52.3 Å². The summed E-state index contributed by atoms with van der Waals surface area (Å²) in [5.41, 5.74) is 2.50. The standard InChI is InChI=1S/C18H25BrN4O/c1-20-18(23(3)13-16-11-15(19)12-22(16)2)21-10-9-14-5-7-17(24-4)8-6-14/h5-8,11-12H,9-10,13H2,1-4H3,(H,20,21). The SMILES string of the molecule is CN=C(NCCc1ccc(OC)cc1)N(C)Cc1cc(Br)cn1C. The molecule has 1 N–H and O–H groups in total. The number of aliphatic imine (C=N–C) groups is 1. The van der Waals surface area contributed by atoms with Gasteiger partial charge in [0.05, 0.1) is 13.7 Å². The second kappa shape index (κ2) is 8.78. The van der Waals surface area contributed by atoms with Gasteiger partial charge in [0.25, 0.3) is 0 Å². The van der Waals surface area contributed by atoms with Crippen molar-refractivity contribution in [3.8, 4) is 5.75 Å². The number of methoxy groups -OCH3 is 1. The molecule has 0 aliphatic carbocycles. The summed E-state index contributed by atoms with van der Waals surface area (Å²) in [6, 6.07) is 10.3. The first-order valence-electron chi connectivity index (χ1n) is 7.89. The number of aryl methyl sites for hydroxylation is 1. The van der Waals surface area contributed by atoms with Gasteiger partial charge in [0, 0.05) is 44.1 Å². The van der Waals surface area contributed by atoms with Gasteiger partial charge in [0.15, 0.2) is 5.96 Å². The number of hydrogen-bond donors (Lipinski definition) is 1. The summed E-state index contributed by atoms with van der Waals surface area (Å²) in [6.45, 7) is 1.63. The van der Waals surface area contributed by atoms with E-state index in [1.165, 1.54) is 11.3 Å². The number of benzene rings is 1. The predicted molar refractivity (Wildman–Crippen MR) is 103 cm³/mol. The molecular formula is C18H25BrN4O. The molecule has 0 amide bonds. The van der Waals surface area contributed by atoms with E-state index in [9.17, 15) is 0 Å². The van der Waals surface area contributed by atoms with Crippen molar-refractivity contribution in [2.45, 2.75) is 13.0 Å². The first-order valence-corrected chi connectivity index (χ1v) is 8.68. The number of rotatable bonds is 6. The maximum absolute atomic E-state index is 5.18. The maximum atomic E-state index is 5.18. The molecule has 24 heavy (non-hydrogen) atoms. The Hall–Kier alpha value is -1.95. The Morgan fingerprint density at radius 1 is 1.33 bits per heavy atom. The molecule has 0 saturated carbocycles. The van der Waals surface area contributed by atoms with Crippen LogP contribution in [0.2, 0.25) is 0 Å². The second-order valence-corrected chi connectivity index (χ2v) is 6.60. The van der Waals surface area contributed by atoms with Crippen LogP contribution in [-0.4, -0.2) is 43.2 Å². The van der Waals surface area contributed by atoms with E-state index >= 15 is 0 Å². The highest BCUT2D eigenvalue weighted by Gasteiger charge is 2.09. The van der Waals surface area contributed by atoms with Crippen molar-refractivity contribution in [3.63, 3.8) is 0 Å². The molecule has 1 aromatic heterocycles. The van der Waals surface area contributed by atoms with Gasteiger partial charge in [-0.1, -0.05) is 12.1 Å². The first-order chi connectivity index (χ1) is 11.5. The Labute approximate surface area is 152 Å². The maximum Gasteiger partial charge on any atom is 0.193 e. The minimum absolute atomic E-state index is 0.796. The first kappa shape index (κ1) is 18.4. The Bertz CT molecular complexity index is 679. The van der Waals surface area contributed by atoms with Crippen LogP contribution in [0, 0.1) is 0 Å². The van der Waals surface area contributed by atoms with Crippen LogP contribution in [0.5, 0.6) is 5.75 Å². The molecule has 0 saturated heterocycles. The number of aromatic nitrogens is 1. The van der Waals surface area contributed by atoms with Crippen LogP contribution < -0.4 is 10.1 Å². The summed E-state index contributed by atoms with van der Waals surface area (Å²) in [6.07, 6.45) is 3.00. The van der Waals surface area contributed by atoms with Gasteiger partial charge in [-0.25, -0.2) is 0 Å². The lowest BCUT2D eigenvalue weighted by Crippen LogP contribution is -2.39. The third kappa shape index (κ3) is 5.03. The van der Waals surface area contributed by atoms with Crippen molar-refractivity contribution < 1.29 is 4.74 Å². The van der Waals surface area contributed by atoms with Gasteiger partial charge in [0.2, 0.25) is 0 Å². The van der Waals surface area contributed by atoms with Crippen LogP contribution >= 0.6 is 15.9 Å². The van der Waals surface area contributed by atoms with Crippen molar-refractivity contribution in [1.82, 2.24) is 14.8 Å². The van der Waals surface area contributed by atoms with Crippen molar-refractivity contribution in [2.24, 2.45) is 12.0 Å². The van der Waals surface area contributed by atoms with Gasteiger partial charge >= 0.3 is 0 Å². The third-order valence-electron chi connectivity index (χ3n) is 3.90. The number of nitrogens with zero attached hydrogens (tertiary/aromatic N) is 3. The van der Waals surface area contributed by atoms with Gasteiger partial charge in [-0.3, -0.25) is 4.99 Å². The van der Waals surface area contributed by atoms with E-state index in [2.05, 4.69) is 60.1 Å². The zero-order chi connectivity index (χ0) is 17.5. The number of halogens is 1. The molecule has 0 aliphatic rings. The molecule has 6 heteroatoms. The number of guanidine groups is 1. The minimum atomic E-state index is 0.796. The lowest BCUT2D eigenvalue weighted by Gasteiger charge is -2.22. The fourth-order valence-corrected chi connectivity index (χ4v) is 3.11. The minimum Gasteiger partial charge on any atom is -0.497 e. The summed E-state index contributed by atoms with van der Waals surface area (Å²) < 4.78 is 8.39. The lowest BCUT2D eigenvalue weighted by molar-refractivity contribution is 0.414. The summed E-state index contributed by atoms with van der Waals surface area (Å²) in [5.74, 6) is 1.77. The fraction of sp³-hybridized carbons (Fsp3) is 0.389. The van der Waals surface area contributed by atoms with Crippen LogP contribution in [0.15, 0.2) is 46.0 Å². The summed E-state index contributed by atoms with van der Waals surface area (Å²) >= 11 is 3.51. The zero-order valence-corrected chi connectivity index (χ0v) is 16.3. The van der Waals surface area contributed by atoms with Gasteiger partial charge in [-0.15, -0.1) is 0 Å². The summed E-state index contributed by atoms with van der Waals surface area (Å²) in [7, 11) is 7.59. The number of nitrogens with one attached hydrogen (secondary N) is 1. The van der Waals surface area contributed by atoms with Gasteiger partial charge in [-0.05, 0) is 46.1 Å². The highest BCUT2D eigenvalue weighted by molar-refractivity contribution is 9.10. The molecule has 2 rings (SSSR count). The summed E-state index contributed by atoms with van der Waals surface area (Å²) in [5, 5.41) is 3.42. The molecule has 1 heterocycles. The third-order valence-corrected chi connectivity index (χ3v) is 4.34. The molecule has 0 atom stereocenters. The second-order valence-electron chi connectivity index (χ2n) is 5.69. The van der Waals surface area contributed by atoms with Crippen molar-refractivity contribution in [1.29, 1.82) is 0 Å². The zero-order valence-electron chi connectivity index (χ0n) is 14.7. The molecule has 5 nitrogen and oxygen atoms in total. The Morgan fingerprint density at radius 2 is 2.04 bits per heavy atom. The van der Waals surface area contributed by atoms with E-state index in [1.807, 2.05) is 33.3 Å². The molecular weight excluding hydrogens is 368 g/mol. The number of hydrogen-bond acceptors (Lipinski definition) is 2. The van der Waals surface area contributed by atoms with E-state index in [1.54, 1.807) is 7.11 Å². The molecule has 0 spiro atoms. The van der Waals surface area contributed by atoms with E-state index < -0.39 is 0 Å². The molecule has 0 fully saturated rings. The predicted octanol–water partition coefficient (Wildman–Crippen LogP) is 3.05. The molecule has 2 aromatic rings. The highest BCUT2D eigenvalue weighted by Crippen LogP contribution is 2.15. The van der Waals surface area contributed by atoms with E-state index in [0.29, 0.717) is 0 Å². The molecule has 0 unspecified atom stereocenters. The average Bonchev–Trinajstić information content (AvgIpc) is 2.89. The molecule has 1 aromatic carbocycles. The number of ether oxygens (including phenoxy) is 1. The molecule has 0 aliphatic heterocycles. The molecule has 130 valence electrons. The quantitative estimate of drug-likeness (QED) is 0.606. The van der Waals surface area contributed by atoms with Gasteiger partial charge in [-0.2, -0.15) is 0 Å². The van der Waals surface area contributed by atoms with Crippen LogP contribution in [0.3, 0.4) is 0 Å². The van der Waals surface area contributed by atoms with E-state index in [4.69, 9.17) is 4.74 Å². The molecule has 0 radical (unpaired) electrons. The Morgan fingerprint density at radius 3 is 2.58 bits per heavy atom. The van der Waals surface area contributed by atoms with Crippen LogP contribution in [0.1, 0.15) is 11.3 Å². The summed E-state index contributed by atoms with van der Waals surface area (Å²) in [4.78, 5) is 6.49. The van der Waals surface area contributed by atoms with E-state index in [0.717, 1.165) is 35.7 Å². The lowest BCUT2D eigenvalue weighted by atomic mass is 10.1. The van der Waals surface area contributed by atoms with Crippen molar-refractivity contribution in [2.75, 3.05) is 27.7 Å². The fourth-order valence-electron chi connectivity index (χ4n) is 2.54. The van der Waals surface area contributed by atoms with Crippen LogP contribution in [0.4, 0.5) is 0 Å². The van der Waals surface area contributed by atoms with Crippen molar-refractivity contribution >= 4 is 21.9 Å². The smallest absolute Gasteiger partial charge is 0.193 e. The van der Waals surface area contributed by atoms with Crippen LogP contribution in [0.25, 0.3) is 0 Å². The average molecular weight is 393 g/mol. The largest absolute Gasteiger partial charge is 0.497 e. The van der Waals surface area contributed by atoms with Gasteiger partial charge < -0.3 is 19.5 Å². The van der Waals surface area contributed by atoms with Crippen LogP contribution in [-0.2, 0) is 20.0 Å².